The highest BCUT2D eigenvalue weighted by Crippen LogP contribution is 2.31. The van der Waals surface area contributed by atoms with Crippen molar-refractivity contribution in [2.75, 3.05) is 17.7 Å². The highest BCUT2D eigenvalue weighted by molar-refractivity contribution is 5.79. The van der Waals surface area contributed by atoms with Crippen LogP contribution in [0.3, 0.4) is 0 Å². The Morgan fingerprint density at radius 3 is 3.00 bits per heavy atom. The first kappa shape index (κ1) is 18.8. The van der Waals surface area contributed by atoms with Gasteiger partial charge in [-0.05, 0) is 25.1 Å². The molecule has 0 radical (unpaired) electrons. The molecule has 0 unspecified atom stereocenters. The summed E-state index contributed by atoms with van der Waals surface area (Å²) in [5.74, 6) is 0.858. The molecule has 1 aliphatic rings. The van der Waals surface area contributed by atoms with Crippen molar-refractivity contribution >= 4 is 17.3 Å². The van der Waals surface area contributed by atoms with Gasteiger partial charge in [-0.3, -0.25) is 9.38 Å². The van der Waals surface area contributed by atoms with Crippen LogP contribution in [0.2, 0.25) is 0 Å². The lowest BCUT2D eigenvalue weighted by atomic mass is 10.0. The third-order valence-corrected chi connectivity index (χ3v) is 5.41. The molecule has 0 saturated carbocycles. The summed E-state index contributed by atoms with van der Waals surface area (Å²) < 4.78 is 21.7. The molecule has 4 aromatic rings. The van der Waals surface area contributed by atoms with Gasteiger partial charge in [-0.15, -0.1) is 0 Å². The number of aromatic nitrogens is 4. The molecule has 0 fully saturated rings. The van der Waals surface area contributed by atoms with Gasteiger partial charge in [0.25, 0.3) is 0 Å². The molecular weight excluding hydrogens is 397 g/mol. The van der Waals surface area contributed by atoms with Crippen LogP contribution in [0.15, 0.2) is 36.8 Å². The number of hydrogen-bond acceptors (Lipinski definition) is 7. The molecule has 8 nitrogen and oxygen atoms in total. The first-order chi connectivity index (χ1) is 15.0. The smallest absolute Gasteiger partial charge is 0.208 e. The zero-order chi connectivity index (χ0) is 21.5. The molecule has 0 saturated heterocycles. The molecule has 0 spiro atoms. The molecule has 0 aliphatic carbocycles. The Hall–Kier alpha value is -4.19. The van der Waals surface area contributed by atoms with Crippen molar-refractivity contribution in [3.8, 4) is 22.9 Å². The van der Waals surface area contributed by atoms with E-state index in [9.17, 15) is 9.65 Å². The maximum atomic E-state index is 14.5. The molecule has 0 atom stereocenters. The lowest BCUT2D eigenvalue weighted by Gasteiger charge is -2.13. The van der Waals surface area contributed by atoms with E-state index in [-0.39, 0.29) is 18.1 Å². The fourth-order valence-electron chi connectivity index (χ4n) is 3.74. The molecule has 31 heavy (non-hydrogen) atoms. The molecule has 5 rings (SSSR count). The third kappa shape index (κ3) is 3.18. The maximum Gasteiger partial charge on any atom is 0.208 e. The van der Waals surface area contributed by atoms with Crippen molar-refractivity contribution in [3.63, 3.8) is 0 Å². The summed E-state index contributed by atoms with van der Waals surface area (Å²) in [4.78, 5) is 13.2. The number of rotatable bonds is 4. The predicted molar refractivity (Wildman–Crippen MR) is 113 cm³/mol. The number of nitrogens with two attached hydrogens (primary N) is 1. The van der Waals surface area contributed by atoms with E-state index in [0.717, 1.165) is 16.8 Å². The van der Waals surface area contributed by atoms with Crippen molar-refractivity contribution in [1.29, 1.82) is 5.26 Å². The number of hydrogen-bond donors (Lipinski definition) is 2. The van der Waals surface area contributed by atoms with Gasteiger partial charge in [-0.2, -0.15) is 5.26 Å². The zero-order valence-electron chi connectivity index (χ0n) is 16.7. The largest absolute Gasteiger partial charge is 0.493 e. The second kappa shape index (κ2) is 7.25. The first-order valence-corrected chi connectivity index (χ1v) is 9.73. The van der Waals surface area contributed by atoms with E-state index in [2.05, 4.69) is 26.3 Å². The van der Waals surface area contributed by atoms with E-state index in [0.29, 0.717) is 47.2 Å². The number of ether oxygens (including phenoxy) is 1. The van der Waals surface area contributed by atoms with Gasteiger partial charge in [-0.25, -0.2) is 14.4 Å². The Bertz CT molecular complexity index is 1370. The van der Waals surface area contributed by atoms with Crippen LogP contribution in [0, 0.1) is 24.1 Å². The Balaban J connectivity index is 1.55. The Morgan fingerprint density at radius 2 is 2.19 bits per heavy atom. The van der Waals surface area contributed by atoms with Gasteiger partial charge in [-0.1, -0.05) is 0 Å². The van der Waals surface area contributed by atoms with E-state index < -0.39 is 0 Å². The fourth-order valence-corrected chi connectivity index (χ4v) is 3.74. The quantitative estimate of drug-likeness (QED) is 0.526. The van der Waals surface area contributed by atoms with E-state index in [1.165, 1.54) is 6.07 Å². The van der Waals surface area contributed by atoms with Crippen molar-refractivity contribution in [1.82, 2.24) is 19.4 Å². The average molecular weight is 415 g/mol. The summed E-state index contributed by atoms with van der Waals surface area (Å²) >= 11 is 0. The number of nitrogens with zero attached hydrogens (tertiary/aromatic N) is 5. The van der Waals surface area contributed by atoms with Gasteiger partial charge < -0.3 is 15.8 Å². The number of nitriles is 1. The van der Waals surface area contributed by atoms with Crippen molar-refractivity contribution in [2.45, 2.75) is 19.9 Å². The van der Waals surface area contributed by atoms with Gasteiger partial charge >= 0.3 is 0 Å². The number of nitrogens with one attached hydrogen (secondary N) is 1. The van der Waals surface area contributed by atoms with Crippen LogP contribution in [0.4, 0.5) is 16.0 Å². The van der Waals surface area contributed by atoms with Gasteiger partial charge in [0.15, 0.2) is 11.3 Å². The molecular formula is C22H18FN7O. The lowest BCUT2D eigenvalue weighted by Crippen LogP contribution is -2.09. The molecule has 1 aromatic carbocycles. The average Bonchev–Trinajstić information content (AvgIpc) is 3.42. The summed E-state index contributed by atoms with van der Waals surface area (Å²) in [7, 11) is 0. The van der Waals surface area contributed by atoms with Crippen LogP contribution >= 0.6 is 0 Å². The van der Waals surface area contributed by atoms with Crippen LogP contribution in [-0.4, -0.2) is 26.0 Å². The fraction of sp³-hybridized carbons (Fsp3) is 0.182. The summed E-state index contributed by atoms with van der Waals surface area (Å²) in [6.07, 6.45) is 5.59. The van der Waals surface area contributed by atoms with Crippen molar-refractivity contribution in [2.24, 2.45) is 0 Å². The van der Waals surface area contributed by atoms with Crippen molar-refractivity contribution in [3.05, 3.63) is 65.1 Å². The first-order valence-electron chi connectivity index (χ1n) is 9.73. The number of fused-ring (bicyclic) bond motifs is 2. The zero-order valence-corrected chi connectivity index (χ0v) is 16.7. The highest BCUT2D eigenvalue weighted by Gasteiger charge is 2.20. The van der Waals surface area contributed by atoms with E-state index in [1.807, 2.05) is 6.92 Å². The number of imidazole rings is 1. The molecule has 1 aliphatic heterocycles. The number of aryl methyl sites for hydroxylation is 1. The molecule has 154 valence electrons. The Morgan fingerprint density at radius 1 is 1.32 bits per heavy atom. The van der Waals surface area contributed by atoms with E-state index >= 15 is 0 Å². The number of benzene rings is 1. The second-order valence-corrected chi connectivity index (χ2v) is 7.28. The highest BCUT2D eigenvalue weighted by atomic mass is 19.1. The molecule has 4 heterocycles. The van der Waals surface area contributed by atoms with Crippen molar-refractivity contribution < 1.29 is 9.13 Å². The summed E-state index contributed by atoms with van der Waals surface area (Å²) in [5, 5.41) is 12.5. The minimum Gasteiger partial charge on any atom is -0.493 e. The predicted octanol–water partition coefficient (Wildman–Crippen LogP) is 3.24. The number of halogens is 1. The molecule has 0 amide bonds. The van der Waals surface area contributed by atoms with E-state index in [4.69, 9.17) is 10.5 Å². The number of nitrogen functional groups attached to an aromatic ring is 1. The standard InChI is InChI=1S/C22H18FN7O/c1-12-19(25)6-13(8-26-12)16-9-27-22(30-11-14(7-24)29-21(16)30)28-10-17-15-4-5-31-20(15)3-2-18(17)23/h2-3,6,8-9,11H,4-5,10,25H2,1H3,(H,27,28). The van der Waals surface area contributed by atoms with Crippen LogP contribution in [0.5, 0.6) is 5.75 Å². The molecule has 9 heteroatoms. The van der Waals surface area contributed by atoms with Crippen LogP contribution in [0.25, 0.3) is 16.8 Å². The van der Waals surface area contributed by atoms with Gasteiger partial charge in [0.05, 0.1) is 24.2 Å². The van der Waals surface area contributed by atoms with E-state index in [1.54, 1.807) is 35.1 Å². The SMILES string of the molecule is Cc1ncc(-c2cnc(NCc3c(F)ccc4c3CCO4)n3cc(C#N)nc23)cc1N. The van der Waals surface area contributed by atoms with Gasteiger partial charge in [0.2, 0.25) is 5.95 Å². The van der Waals surface area contributed by atoms with Crippen LogP contribution in [-0.2, 0) is 13.0 Å². The van der Waals surface area contributed by atoms with Crippen LogP contribution < -0.4 is 15.8 Å². The Kier molecular flexibility index (Phi) is 4.40. The second-order valence-electron chi connectivity index (χ2n) is 7.28. The minimum absolute atomic E-state index is 0.221. The molecule has 0 bridgehead atoms. The van der Waals surface area contributed by atoms with Crippen LogP contribution in [0.1, 0.15) is 22.5 Å². The maximum absolute atomic E-state index is 14.5. The van der Waals surface area contributed by atoms with Gasteiger partial charge in [0.1, 0.15) is 17.6 Å². The summed E-state index contributed by atoms with van der Waals surface area (Å²) in [5.41, 5.74) is 10.9. The van der Waals surface area contributed by atoms with Gasteiger partial charge in [0, 0.05) is 47.6 Å². The number of pyridine rings is 1. The normalized spacial score (nSPS) is 12.4. The minimum atomic E-state index is -0.297. The number of anilines is 2. The molecule has 3 N–H and O–H groups in total. The lowest BCUT2D eigenvalue weighted by molar-refractivity contribution is 0.356. The third-order valence-electron chi connectivity index (χ3n) is 5.41. The summed E-state index contributed by atoms with van der Waals surface area (Å²) in [6.45, 7) is 2.59. The molecule has 3 aromatic heterocycles. The monoisotopic (exact) mass is 415 g/mol. The topological polar surface area (TPSA) is 114 Å². The Labute approximate surface area is 177 Å². The summed E-state index contributed by atoms with van der Waals surface area (Å²) in [6, 6.07) is 6.92.